The molecule has 5 heteroatoms. The van der Waals surface area contributed by atoms with Gasteiger partial charge in [0.05, 0.1) is 16.8 Å². The Kier molecular flexibility index (Phi) is 4.93. The molecule has 23 heavy (non-hydrogen) atoms. The summed E-state index contributed by atoms with van der Waals surface area (Å²) in [7, 11) is 0. The van der Waals surface area contributed by atoms with E-state index in [1.165, 1.54) is 5.39 Å². The minimum absolute atomic E-state index is 0.328. The fourth-order valence-corrected chi connectivity index (χ4v) is 2.88. The third-order valence-corrected chi connectivity index (χ3v) is 4.33. The molecule has 0 radical (unpaired) electrons. The number of carbonyl (C=O) groups is 1. The Hall–Kier alpha value is -1.92. The first-order valence-electron chi connectivity index (χ1n) is 6.91. The molecular weight excluding hydrogens is 423 g/mol. The molecule has 0 aliphatic carbocycles. The van der Waals surface area contributed by atoms with Crippen molar-refractivity contribution in [2.75, 3.05) is 0 Å². The lowest BCUT2D eigenvalue weighted by Gasteiger charge is -2.03. The summed E-state index contributed by atoms with van der Waals surface area (Å²) >= 11 is 8.17. The normalized spacial score (nSPS) is 11.0. The lowest BCUT2D eigenvalue weighted by molar-refractivity contribution is 0.0955. The van der Waals surface area contributed by atoms with E-state index >= 15 is 0 Å². The molecule has 0 fully saturated rings. The number of halogens is 2. The van der Waals surface area contributed by atoms with Crippen LogP contribution < -0.4 is 5.43 Å². The Bertz CT molecular complexity index is 908. The number of fused-ring (bicyclic) bond motifs is 1. The summed E-state index contributed by atoms with van der Waals surface area (Å²) in [5, 5.41) is 6.71. The van der Waals surface area contributed by atoms with Crippen LogP contribution in [0, 0.1) is 3.57 Å². The molecule has 0 aliphatic heterocycles. The molecule has 114 valence electrons. The number of hydrazone groups is 1. The fourth-order valence-electron chi connectivity index (χ4n) is 2.19. The van der Waals surface area contributed by atoms with E-state index in [0.29, 0.717) is 10.6 Å². The highest BCUT2D eigenvalue weighted by Gasteiger charge is 2.09. The van der Waals surface area contributed by atoms with Crippen LogP contribution in [-0.2, 0) is 0 Å². The zero-order valence-electron chi connectivity index (χ0n) is 12.0. The molecule has 0 saturated heterocycles. The fraction of sp³-hybridized carbons (Fsp3) is 0. The molecule has 0 saturated carbocycles. The highest BCUT2D eigenvalue weighted by Crippen LogP contribution is 2.18. The van der Waals surface area contributed by atoms with Gasteiger partial charge in [-0.1, -0.05) is 48.0 Å². The summed E-state index contributed by atoms with van der Waals surface area (Å²) in [5.41, 5.74) is 3.83. The van der Waals surface area contributed by atoms with E-state index in [1.54, 1.807) is 18.3 Å². The number of amides is 1. The zero-order chi connectivity index (χ0) is 16.2. The van der Waals surface area contributed by atoms with Gasteiger partial charge in [0.15, 0.2) is 0 Å². The van der Waals surface area contributed by atoms with Crippen molar-refractivity contribution < 1.29 is 4.79 Å². The molecule has 3 aromatic rings. The first kappa shape index (κ1) is 16.0. The monoisotopic (exact) mass is 434 g/mol. The largest absolute Gasteiger partial charge is 0.272 e. The van der Waals surface area contributed by atoms with E-state index in [4.69, 9.17) is 11.6 Å². The van der Waals surface area contributed by atoms with Crippen LogP contribution in [0.15, 0.2) is 65.8 Å². The summed E-state index contributed by atoms with van der Waals surface area (Å²) in [4.78, 5) is 12.1. The van der Waals surface area contributed by atoms with Crippen molar-refractivity contribution >= 4 is 57.1 Å². The third kappa shape index (κ3) is 3.89. The Morgan fingerprint density at radius 2 is 1.83 bits per heavy atom. The Morgan fingerprint density at radius 1 is 1.04 bits per heavy atom. The van der Waals surface area contributed by atoms with E-state index in [1.807, 2.05) is 42.5 Å². The summed E-state index contributed by atoms with van der Waals surface area (Å²) in [6, 6.07) is 19.3. The molecule has 3 nitrogen and oxygen atoms in total. The van der Waals surface area contributed by atoms with Gasteiger partial charge in [0.1, 0.15) is 0 Å². The van der Waals surface area contributed by atoms with E-state index in [2.05, 4.69) is 39.2 Å². The summed E-state index contributed by atoms with van der Waals surface area (Å²) in [6.07, 6.45) is 1.62. The molecule has 3 aromatic carbocycles. The van der Waals surface area contributed by atoms with Gasteiger partial charge >= 0.3 is 0 Å². The number of benzene rings is 3. The first-order valence-corrected chi connectivity index (χ1v) is 8.36. The van der Waals surface area contributed by atoms with Crippen LogP contribution >= 0.6 is 34.2 Å². The van der Waals surface area contributed by atoms with Gasteiger partial charge in [-0.15, -0.1) is 0 Å². The van der Waals surface area contributed by atoms with Gasteiger partial charge in [0.2, 0.25) is 0 Å². The maximum atomic E-state index is 12.1. The number of carbonyl (C=O) groups excluding carboxylic acids is 1. The van der Waals surface area contributed by atoms with Gasteiger partial charge in [-0.3, -0.25) is 4.79 Å². The third-order valence-electron chi connectivity index (χ3n) is 3.33. The average Bonchev–Trinajstić information content (AvgIpc) is 2.57. The summed E-state index contributed by atoms with van der Waals surface area (Å²) in [5.74, 6) is -0.328. The number of rotatable bonds is 3. The minimum Gasteiger partial charge on any atom is -0.267 e. The molecule has 1 amide bonds. The van der Waals surface area contributed by atoms with Gasteiger partial charge in [-0.05, 0) is 63.2 Å². The van der Waals surface area contributed by atoms with Crippen LogP contribution in [0.2, 0.25) is 5.02 Å². The maximum Gasteiger partial charge on any atom is 0.272 e. The molecule has 3 rings (SSSR count). The number of nitrogens with zero attached hydrogens (tertiary/aromatic N) is 1. The number of hydrogen-bond donors (Lipinski definition) is 1. The van der Waals surface area contributed by atoms with Crippen LogP contribution in [0.1, 0.15) is 15.9 Å². The summed E-state index contributed by atoms with van der Waals surface area (Å²) < 4.78 is 0.940. The van der Waals surface area contributed by atoms with Crippen LogP contribution in [0.3, 0.4) is 0 Å². The van der Waals surface area contributed by atoms with Crippen molar-refractivity contribution in [2.45, 2.75) is 0 Å². The maximum absolute atomic E-state index is 12.1. The molecular formula is C18H12ClIN2O. The molecule has 1 N–H and O–H groups in total. The van der Waals surface area contributed by atoms with Gasteiger partial charge in [-0.25, -0.2) is 5.43 Å². The van der Waals surface area contributed by atoms with Crippen LogP contribution in [0.4, 0.5) is 0 Å². The van der Waals surface area contributed by atoms with Crippen molar-refractivity contribution in [3.05, 3.63) is 80.4 Å². The van der Waals surface area contributed by atoms with E-state index in [0.717, 1.165) is 14.5 Å². The molecule has 0 aliphatic rings. The van der Waals surface area contributed by atoms with Gasteiger partial charge in [0, 0.05) is 3.57 Å². The highest BCUT2D eigenvalue weighted by atomic mass is 127. The predicted octanol–water partition coefficient (Wildman–Crippen LogP) is 4.86. The van der Waals surface area contributed by atoms with Gasteiger partial charge in [-0.2, -0.15) is 5.10 Å². The number of hydrogen-bond acceptors (Lipinski definition) is 2. The smallest absolute Gasteiger partial charge is 0.267 e. The molecule has 0 bridgehead atoms. The molecule has 0 unspecified atom stereocenters. The molecule has 0 heterocycles. The van der Waals surface area contributed by atoms with E-state index in [9.17, 15) is 4.79 Å². The summed E-state index contributed by atoms with van der Waals surface area (Å²) in [6.45, 7) is 0. The topological polar surface area (TPSA) is 41.5 Å². The SMILES string of the molecule is O=C(NN=Cc1ccc2ccccc2c1)c1cc(I)ccc1Cl. The zero-order valence-corrected chi connectivity index (χ0v) is 14.9. The van der Waals surface area contributed by atoms with Crippen molar-refractivity contribution in [3.8, 4) is 0 Å². The molecule has 0 spiro atoms. The van der Waals surface area contributed by atoms with E-state index < -0.39 is 0 Å². The minimum atomic E-state index is -0.328. The average molecular weight is 435 g/mol. The Morgan fingerprint density at radius 3 is 2.65 bits per heavy atom. The lowest BCUT2D eigenvalue weighted by Crippen LogP contribution is -2.18. The van der Waals surface area contributed by atoms with Crippen molar-refractivity contribution in [3.63, 3.8) is 0 Å². The second-order valence-corrected chi connectivity index (χ2v) is 6.58. The van der Waals surface area contributed by atoms with Gasteiger partial charge in [0.25, 0.3) is 5.91 Å². The second-order valence-electron chi connectivity index (χ2n) is 4.93. The van der Waals surface area contributed by atoms with Crippen molar-refractivity contribution in [1.82, 2.24) is 5.43 Å². The van der Waals surface area contributed by atoms with Crippen LogP contribution in [0.25, 0.3) is 10.8 Å². The van der Waals surface area contributed by atoms with Crippen LogP contribution in [-0.4, -0.2) is 12.1 Å². The second kappa shape index (κ2) is 7.10. The van der Waals surface area contributed by atoms with E-state index in [-0.39, 0.29) is 5.91 Å². The Balaban J connectivity index is 1.74. The van der Waals surface area contributed by atoms with Crippen molar-refractivity contribution in [1.29, 1.82) is 0 Å². The highest BCUT2D eigenvalue weighted by molar-refractivity contribution is 14.1. The Labute approximate surface area is 152 Å². The van der Waals surface area contributed by atoms with Crippen LogP contribution in [0.5, 0.6) is 0 Å². The van der Waals surface area contributed by atoms with Crippen molar-refractivity contribution in [2.24, 2.45) is 5.10 Å². The standard InChI is InChI=1S/C18H12ClIN2O/c19-17-8-7-15(20)10-16(17)18(23)22-21-11-12-5-6-13-3-1-2-4-14(13)9-12/h1-11H,(H,22,23). The number of nitrogens with one attached hydrogen (secondary N) is 1. The predicted molar refractivity (Wildman–Crippen MR) is 103 cm³/mol. The lowest BCUT2D eigenvalue weighted by atomic mass is 10.1. The molecule has 0 atom stereocenters. The molecule has 0 aromatic heterocycles. The quantitative estimate of drug-likeness (QED) is 0.357. The van der Waals surface area contributed by atoms with Gasteiger partial charge < -0.3 is 0 Å². The first-order chi connectivity index (χ1) is 11.1.